The summed E-state index contributed by atoms with van der Waals surface area (Å²) in [7, 11) is 0. The summed E-state index contributed by atoms with van der Waals surface area (Å²) in [5, 5.41) is 11.6. The molecule has 0 spiro atoms. The summed E-state index contributed by atoms with van der Waals surface area (Å²) in [6, 6.07) is 14.3. The van der Waals surface area contributed by atoms with E-state index in [-0.39, 0.29) is 6.10 Å². The standard InChI is InChI=1S/C16H21N3O/c1-12(2)17-11-15-9-10-16(19-18-15)20-13(3)14-7-5-4-6-8-14/h4-10,12-13,17H,11H2,1-3H3. The summed E-state index contributed by atoms with van der Waals surface area (Å²) in [6.45, 7) is 6.93. The Bertz CT molecular complexity index is 511. The normalized spacial score (nSPS) is 12.4. The third kappa shape index (κ3) is 4.31. The minimum Gasteiger partial charge on any atom is -0.469 e. The first kappa shape index (κ1) is 14.5. The van der Waals surface area contributed by atoms with E-state index in [2.05, 4.69) is 29.4 Å². The van der Waals surface area contributed by atoms with Crippen LogP contribution in [0.25, 0.3) is 0 Å². The van der Waals surface area contributed by atoms with Gasteiger partial charge in [0, 0.05) is 18.7 Å². The van der Waals surface area contributed by atoms with Crippen LogP contribution in [-0.4, -0.2) is 16.2 Å². The van der Waals surface area contributed by atoms with Crippen molar-refractivity contribution in [3.05, 3.63) is 53.7 Å². The Labute approximate surface area is 120 Å². The van der Waals surface area contributed by atoms with E-state index < -0.39 is 0 Å². The van der Waals surface area contributed by atoms with Crippen molar-refractivity contribution in [2.45, 2.75) is 39.5 Å². The second-order valence-electron chi connectivity index (χ2n) is 5.07. The van der Waals surface area contributed by atoms with Crippen molar-refractivity contribution in [2.75, 3.05) is 0 Å². The lowest BCUT2D eigenvalue weighted by molar-refractivity contribution is 0.214. The lowest BCUT2D eigenvalue weighted by Crippen LogP contribution is -2.22. The molecule has 106 valence electrons. The summed E-state index contributed by atoms with van der Waals surface area (Å²) < 4.78 is 5.79. The Morgan fingerprint density at radius 3 is 2.35 bits per heavy atom. The molecular weight excluding hydrogens is 250 g/mol. The average molecular weight is 271 g/mol. The molecular formula is C16H21N3O. The number of nitrogens with one attached hydrogen (secondary N) is 1. The Morgan fingerprint density at radius 2 is 1.75 bits per heavy atom. The molecule has 0 amide bonds. The zero-order valence-corrected chi connectivity index (χ0v) is 12.2. The van der Waals surface area contributed by atoms with Gasteiger partial charge in [0.25, 0.3) is 0 Å². The molecule has 0 saturated heterocycles. The summed E-state index contributed by atoms with van der Waals surface area (Å²) >= 11 is 0. The summed E-state index contributed by atoms with van der Waals surface area (Å²) in [5.74, 6) is 0.551. The van der Waals surface area contributed by atoms with Gasteiger partial charge in [-0.2, -0.15) is 5.10 Å². The number of rotatable bonds is 6. The lowest BCUT2D eigenvalue weighted by atomic mass is 10.1. The molecule has 2 aromatic rings. The number of hydrogen-bond donors (Lipinski definition) is 1. The first-order valence-electron chi connectivity index (χ1n) is 6.92. The molecule has 0 aliphatic carbocycles. The predicted octanol–water partition coefficient (Wildman–Crippen LogP) is 3.11. The number of ether oxygens (including phenoxy) is 1. The fourth-order valence-electron chi connectivity index (χ4n) is 1.79. The SMILES string of the molecule is CC(C)NCc1ccc(OC(C)c2ccccc2)nn1. The second kappa shape index (κ2) is 7.01. The maximum absolute atomic E-state index is 5.79. The van der Waals surface area contributed by atoms with Crippen molar-refractivity contribution in [1.82, 2.24) is 15.5 Å². The first-order chi connectivity index (χ1) is 9.65. The van der Waals surface area contributed by atoms with Gasteiger partial charge in [-0.1, -0.05) is 44.2 Å². The highest BCUT2D eigenvalue weighted by atomic mass is 16.5. The van der Waals surface area contributed by atoms with Gasteiger partial charge in [0.2, 0.25) is 5.88 Å². The molecule has 1 heterocycles. The van der Waals surface area contributed by atoms with Crippen LogP contribution >= 0.6 is 0 Å². The Hall–Kier alpha value is -1.94. The summed E-state index contributed by atoms with van der Waals surface area (Å²) in [5.41, 5.74) is 2.04. The van der Waals surface area contributed by atoms with Crippen LogP contribution in [0.5, 0.6) is 5.88 Å². The third-order valence-corrected chi connectivity index (χ3v) is 2.95. The van der Waals surface area contributed by atoms with E-state index in [9.17, 15) is 0 Å². The van der Waals surface area contributed by atoms with Crippen LogP contribution in [0, 0.1) is 0 Å². The molecule has 1 aromatic carbocycles. The van der Waals surface area contributed by atoms with Crippen molar-refractivity contribution in [2.24, 2.45) is 0 Å². The maximum atomic E-state index is 5.79. The van der Waals surface area contributed by atoms with Crippen molar-refractivity contribution in [1.29, 1.82) is 0 Å². The molecule has 1 unspecified atom stereocenters. The van der Waals surface area contributed by atoms with Crippen LogP contribution in [0.4, 0.5) is 0 Å². The van der Waals surface area contributed by atoms with E-state index in [1.807, 2.05) is 49.4 Å². The highest BCUT2D eigenvalue weighted by molar-refractivity contribution is 5.19. The Kier molecular flexibility index (Phi) is 5.07. The maximum Gasteiger partial charge on any atom is 0.233 e. The molecule has 2 rings (SSSR count). The van der Waals surface area contributed by atoms with Crippen LogP contribution in [0.1, 0.15) is 38.1 Å². The van der Waals surface area contributed by atoms with Gasteiger partial charge in [0.05, 0.1) is 5.69 Å². The van der Waals surface area contributed by atoms with Gasteiger partial charge in [0.15, 0.2) is 0 Å². The average Bonchev–Trinajstić information content (AvgIpc) is 2.47. The molecule has 4 nitrogen and oxygen atoms in total. The number of hydrogen-bond acceptors (Lipinski definition) is 4. The van der Waals surface area contributed by atoms with E-state index >= 15 is 0 Å². The highest BCUT2D eigenvalue weighted by Gasteiger charge is 2.08. The van der Waals surface area contributed by atoms with Crippen molar-refractivity contribution in [3.8, 4) is 5.88 Å². The van der Waals surface area contributed by atoms with Gasteiger partial charge in [0.1, 0.15) is 6.10 Å². The molecule has 1 N–H and O–H groups in total. The molecule has 4 heteroatoms. The fraction of sp³-hybridized carbons (Fsp3) is 0.375. The minimum atomic E-state index is -0.0369. The van der Waals surface area contributed by atoms with Gasteiger partial charge >= 0.3 is 0 Å². The van der Waals surface area contributed by atoms with Crippen LogP contribution in [0.2, 0.25) is 0 Å². The van der Waals surface area contributed by atoms with E-state index in [1.165, 1.54) is 0 Å². The van der Waals surface area contributed by atoms with Gasteiger partial charge in [-0.25, -0.2) is 0 Å². The third-order valence-electron chi connectivity index (χ3n) is 2.95. The summed E-state index contributed by atoms with van der Waals surface area (Å²) in [6.07, 6.45) is -0.0369. The van der Waals surface area contributed by atoms with Crippen LogP contribution < -0.4 is 10.1 Å². The largest absolute Gasteiger partial charge is 0.469 e. The van der Waals surface area contributed by atoms with Gasteiger partial charge in [-0.15, -0.1) is 5.10 Å². The first-order valence-corrected chi connectivity index (χ1v) is 6.92. The quantitative estimate of drug-likeness (QED) is 0.877. The molecule has 1 aromatic heterocycles. The molecule has 0 bridgehead atoms. The zero-order valence-electron chi connectivity index (χ0n) is 12.2. The molecule has 0 radical (unpaired) electrons. The smallest absolute Gasteiger partial charge is 0.233 e. The lowest BCUT2D eigenvalue weighted by Gasteiger charge is -2.14. The van der Waals surface area contributed by atoms with E-state index in [1.54, 1.807) is 0 Å². The number of benzene rings is 1. The number of nitrogens with zero attached hydrogens (tertiary/aromatic N) is 2. The minimum absolute atomic E-state index is 0.0369. The number of aromatic nitrogens is 2. The zero-order chi connectivity index (χ0) is 14.4. The van der Waals surface area contributed by atoms with Gasteiger partial charge < -0.3 is 10.1 Å². The van der Waals surface area contributed by atoms with E-state index in [4.69, 9.17) is 4.74 Å². The van der Waals surface area contributed by atoms with Crippen molar-refractivity contribution < 1.29 is 4.74 Å². The summed E-state index contributed by atoms with van der Waals surface area (Å²) in [4.78, 5) is 0. The predicted molar refractivity (Wildman–Crippen MR) is 79.5 cm³/mol. The highest BCUT2D eigenvalue weighted by Crippen LogP contribution is 2.18. The monoisotopic (exact) mass is 271 g/mol. The fourth-order valence-corrected chi connectivity index (χ4v) is 1.79. The van der Waals surface area contributed by atoms with E-state index in [0.717, 1.165) is 17.8 Å². The van der Waals surface area contributed by atoms with Crippen molar-refractivity contribution >= 4 is 0 Å². The molecule has 0 aliphatic heterocycles. The second-order valence-corrected chi connectivity index (χ2v) is 5.07. The van der Waals surface area contributed by atoms with Crippen LogP contribution in [-0.2, 0) is 6.54 Å². The van der Waals surface area contributed by atoms with Gasteiger partial charge in [-0.3, -0.25) is 0 Å². The molecule has 1 atom stereocenters. The van der Waals surface area contributed by atoms with Crippen molar-refractivity contribution in [3.63, 3.8) is 0 Å². The van der Waals surface area contributed by atoms with Crippen LogP contribution in [0.3, 0.4) is 0 Å². The Morgan fingerprint density at radius 1 is 1.00 bits per heavy atom. The molecule has 0 aliphatic rings. The molecule has 0 fully saturated rings. The van der Waals surface area contributed by atoms with E-state index in [0.29, 0.717) is 11.9 Å². The Balaban J connectivity index is 1.93. The van der Waals surface area contributed by atoms with Crippen LogP contribution in [0.15, 0.2) is 42.5 Å². The molecule has 20 heavy (non-hydrogen) atoms. The van der Waals surface area contributed by atoms with Gasteiger partial charge in [-0.05, 0) is 18.6 Å². The topological polar surface area (TPSA) is 47.0 Å². The molecule has 0 saturated carbocycles.